The molecule has 0 heterocycles. The lowest BCUT2D eigenvalue weighted by Crippen LogP contribution is -1.97. The largest absolute Gasteiger partial charge is 0.294 e. The van der Waals surface area contributed by atoms with Crippen molar-refractivity contribution in [2.24, 2.45) is 0 Å². The zero-order valence-electron chi connectivity index (χ0n) is 8.87. The van der Waals surface area contributed by atoms with Crippen LogP contribution in [0.4, 0.5) is 0 Å². The first-order valence-corrected chi connectivity index (χ1v) is 6.14. The van der Waals surface area contributed by atoms with Gasteiger partial charge in [-0.15, -0.1) is 0 Å². The third kappa shape index (κ3) is 3.33. The predicted octanol–water partition coefficient (Wildman–Crippen LogP) is 2.71. The summed E-state index contributed by atoms with van der Waals surface area (Å²) in [5, 5.41) is 0. The minimum Gasteiger partial charge on any atom is -0.282 e. The Morgan fingerprint density at radius 2 is 1.24 bits per heavy atom. The van der Waals surface area contributed by atoms with Gasteiger partial charge in [0.1, 0.15) is 0 Å². The maximum Gasteiger partial charge on any atom is 0.294 e. The van der Waals surface area contributed by atoms with Crippen LogP contribution in [0.1, 0.15) is 0 Å². The van der Waals surface area contributed by atoms with Crippen molar-refractivity contribution in [3.05, 3.63) is 54.6 Å². The molecule has 0 aliphatic carbocycles. The van der Waals surface area contributed by atoms with Gasteiger partial charge in [-0.25, -0.2) is 0 Å². The van der Waals surface area contributed by atoms with Gasteiger partial charge < -0.3 is 0 Å². The number of benzene rings is 2. The second kappa shape index (κ2) is 5.35. The van der Waals surface area contributed by atoms with Gasteiger partial charge in [0.2, 0.25) is 0 Å². The average molecular weight is 268 g/mol. The standard InChI is InChI=1S/C12H10O3S.H2S/c13-16(14,15)12-8-6-11(7-9-12)10-4-2-1-3-5-10;/h1-9H,(H,13,14,15);1H2. The van der Waals surface area contributed by atoms with E-state index in [1.807, 2.05) is 30.3 Å². The average Bonchev–Trinajstić information content (AvgIpc) is 2.29. The van der Waals surface area contributed by atoms with Crippen LogP contribution in [0.2, 0.25) is 0 Å². The Labute approximate surface area is 107 Å². The Morgan fingerprint density at radius 3 is 1.71 bits per heavy atom. The summed E-state index contributed by atoms with van der Waals surface area (Å²) in [4.78, 5) is -0.0906. The molecular weight excluding hydrogens is 256 g/mol. The van der Waals surface area contributed by atoms with E-state index in [1.165, 1.54) is 12.1 Å². The molecule has 2 aromatic carbocycles. The van der Waals surface area contributed by atoms with Crippen LogP contribution >= 0.6 is 13.5 Å². The maximum atomic E-state index is 10.8. The molecule has 0 atom stereocenters. The van der Waals surface area contributed by atoms with Crippen LogP contribution in [0.15, 0.2) is 59.5 Å². The third-order valence-corrected chi connectivity index (χ3v) is 3.13. The summed E-state index contributed by atoms with van der Waals surface area (Å²) < 4.78 is 30.5. The predicted molar refractivity (Wildman–Crippen MR) is 72.1 cm³/mol. The van der Waals surface area contributed by atoms with Crippen LogP contribution in [0.25, 0.3) is 11.1 Å². The van der Waals surface area contributed by atoms with Crippen LogP contribution < -0.4 is 0 Å². The molecule has 0 fully saturated rings. The Hall–Kier alpha value is -1.30. The second-order valence-electron chi connectivity index (χ2n) is 3.37. The van der Waals surface area contributed by atoms with E-state index < -0.39 is 10.1 Å². The molecule has 1 N–H and O–H groups in total. The number of hydrogen-bond acceptors (Lipinski definition) is 2. The van der Waals surface area contributed by atoms with Crippen molar-refractivity contribution in [1.29, 1.82) is 0 Å². The fourth-order valence-corrected chi connectivity index (χ4v) is 1.93. The SMILES string of the molecule is O=S(=O)(O)c1ccc(-c2ccccc2)cc1.S. The molecule has 0 spiro atoms. The molecule has 0 amide bonds. The van der Waals surface area contributed by atoms with E-state index in [0.717, 1.165) is 11.1 Å². The summed E-state index contributed by atoms with van der Waals surface area (Å²) in [5.74, 6) is 0. The van der Waals surface area contributed by atoms with Crippen molar-refractivity contribution in [3.8, 4) is 11.1 Å². The fourth-order valence-electron chi connectivity index (χ4n) is 1.45. The molecule has 0 aliphatic heterocycles. The monoisotopic (exact) mass is 268 g/mol. The van der Waals surface area contributed by atoms with E-state index in [4.69, 9.17) is 4.55 Å². The van der Waals surface area contributed by atoms with Crippen LogP contribution in [-0.2, 0) is 10.1 Å². The lowest BCUT2D eigenvalue weighted by atomic mass is 10.1. The van der Waals surface area contributed by atoms with Gasteiger partial charge in [0.15, 0.2) is 0 Å². The molecular formula is C12H12O3S2. The summed E-state index contributed by atoms with van der Waals surface area (Å²) in [6.45, 7) is 0. The molecule has 0 aliphatic rings. The molecule has 90 valence electrons. The summed E-state index contributed by atoms with van der Waals surface area (Å²) in [6, 6.07) is 15.7. The minimum atomic E-state index is -4.10. The Bertz CT molecular complexity index is 575. The zero-order valence-corrected chi connectivity index (χ0v) is 10.7. The van der Waals surface area contributed by atoms with Gasteiger partial charge in [-0.1, -0.05) is 42.5 Å². The van der Waals surface area contributed by atoms with Gasteiger partial charge in [0, 0.05) is 0 Å². The molecule has 0 unspecified atom stereocenters. The first-order chi connectivity index (χ1) is 7.57. The van der Waals surface area contributed by atoms with Crippen LogP contribution in [-0.4, -0.2) is 13.0 Å². The fraction of sp³-hybridized carbons (Fsp3) is 0. The van der Waals surface area contributed by atoms with Crippen LogP contribution in [0.3, 0.4) is 0 Å². The molecule has 0 radical (unpaired) electrons. The Balaban J connectivity index is 0.00000144. The first-order valence-electron chi connectivity index (χ1n) is 4.70. The van der Waals surface area contributed by atoms with Crippen molar-refractivity contribution < 1.29 is 13.0 Å². The number of rotatable bonds is 2. The van der Waals surface area contributed by atoms with Crippen LogP contribution in [0, 0.1) is 0 Å². The van der Waals surface area contributed by atoms with Gasteiger partial charge in [0.05, 0.1) is 4.90 Å². The summed E-state index contributed by atoms with van der Waals surface area (Å²) in [7, 11) is -4.10. The molecule has 0 saturated carbocycles. The van der Waals surface area contributed by atoms with Crippen molar-refractivity contribution in [3.63, 3.8) is 0 Å². The van der Waals surface area contributed by atoms with Crippen molar-refractivity contribution in [1.82, 2.24) is 0 Å². The molecule has 2 aromatic rings. The van der Waals surface area contributed by atoms with Crippen molar-refractivity contribution >= 4 is 23.6 Å². The van der Waals surface area contributed by atoms with E-state index in [9.17, 15) is 8.42 Å². The van der Waals surface area contributed by atoms with E-state index in [-0.39, 0.29) is 18.4 Å². The van der Waals surface area contributed by atoms with Gasteiger partial charge in [-0.3, -0.25) is 4.55 Å². The van der Waals surface area contributed by atoms with Crippen LogP contribution in [0.5, 0.6) is 0 Å². The van der Waals surface area contributed by atoms with E-state index in [2.05, 4.69) is 0 Å². The van der Waals surface area contributed by atoms with E-state index in [0.29, 0.717) is 0 Å². The molecule has 0 aromatic heterocycles. The molecule has 17 heavy (non-hydrogen) atoms. The highest BCUT2D eigenvalue weighted by atomic mass is 32.2. The third-order valence-electron chi connectivity index (χ3n) is 2.26. The quantitative estimate of drug-likeness (QED) is 0.852. The number of hydrogen-bond donors (Lipinski definition) is 1. The van der Waals surface area contributed by atoms with Gasteiger partial charge >= 0.3 is 0 Å². The Morgan fingerprint density at radius 1 is 0.765 bits per heavy atom. The highest BCUT2D eigenvalue weighted by Gasteiger charge is 2.08. The van der Waals surface area contributed by atoms with Crippen molar-refractivity contribution in [2.45, 2.75) is 4.90 Å². The highest BCUT2D eigenvalue weighted by molar-refractivity contribution is 7.85. The maximum absolute atomic E-state index is 10.8. The second-order valence-corrected chi connectivity index (χ2v) is 4.79. The molecule has 3 nitrogen and oxygen atoms in total. The van der Waals surface area contributed by atoms with Crippen molar-refractivity contribution in [2.75, 3.05) is 0 Å². The topological polar surface area (TPSA) is 54.4 Å². The summed E-state index contributed by atoms with van der Waals surface area (Å²) in [6.07, 6.45) is 0. The normalized spacial score (nSPS) is 10.6. The summed E-state index contributed by atoms with van der Waals surface area (Å²) in [5.41, 5.74) is 1.91. The van der Waals surface area contributed by atoms with E-state index >= 15 is 0 Å². The minimum absolute atomic E-state index is 0. The van der Waals surface area contributed by atoms with Gasteiger partial charge in [-0.05, 0) is 23.3 Å². The molecule has 5 heteroatoms. The lowest BCUT2D eigenvalue weighted by Gasteiger charge is -2.02. The Kier molecular flexibility index (Phi) is 4.34. The first kappa shape index (κ1) is 13.8. The smallest absolute Gasteiger partial charge is 0.282 e. The zero-order chi connectivity index (χ0) is 11.6. The molecule has 2 rings (SSSR count). The van der Waals surface area contributed by atoms with Gasteiger partial charge in [0.25, 0.3) is 10.1 Å². The molecule has 0 bridgehead atoms. The summed E-state index contributed by atoms with van der Waals surface area (Å²) >= 11 is 0. The lowest BCUT2D eigenvalue weighted by molar-refractivity contribution is 0.483. The molecule has 0 saturated heterocycles. The van der Waals surface area contributed by atoms with Gasteiger partial charge in [-0.2, -0.15) is 21.9 Å². The highest BCUT2D eigenvalue weighted by Crippen LogP contribution is 2.20. The van der Waals surface area contributed by atoms with E-state index in [1.54, 1.807) is 12.1 Å².